The van der Waals surface area contributed by atoms with Gasteiger partial charge in [0.15, 0.2) is 5.75 Å². The molecule has 10 nitrogen and oxygen atoms in total. The van der Waals surface area contributed by atoms with Crippen molar-refractivity contribution in [3.05, 3.63) is 28.6 Å². The SMILES string of the molecule is CCCCCCCCCCOc1ccc2c(O)c(O[C@H]3O[C@H](CO)[C@@H](O)[C@H](O)[C@@H]3O)c(=O)oc2c1. The fourth-order valence-electron chi connectivity index (χ4n) is 4.05. The lowest BCUT2D eigenvalue weighted by molar-refractivity contribution is -0.278. The Morgan fingerprint density at radius 1 is 0.943 bits per heavy atom. The molecule has 35 heavy (non-hydrogen) atoms. The van der Waals surface area contributed by atoms with E-state index < -0.39 is 54.4 Å². The van der Waals surface area contributed by atoms with Gasteiger partial charge in [-0.2, -0.15) is 0 Å². The summed E-state index contributed by atoms with van der Waals surface area (Å²) in [6.07, 6.45) is 1.60. The maximum Gasteiger partial charge on any atom is 0.383 e. The van der Waals surface area contributed by atoms with Crippen molar-refractivity contribution in [2.75, 3.05) is 13.2 Å². The minimum absolute atomic E-state index is 0.0853. The van der Waals surface area contributed by atoms with Crippen molar-refractivity contribution >= 4 is 11.0 Å². The fraction of sp³-hybridized carbons (Fsp3) is 0.640. The standard InChI is InChI=1S/C25H36O10/c1-2-3-4-5-6-7-8-9-12-32-15-10-11-16-17(13-15)33-24(31)23(19(16)27)35-25-22(30)21(29)20(28)18(14-26)34-25/h10-11,13,18,20-22,25-30H,2-9,12,14H2,1H3/t18-,20-,21+,22+,25-/m1/s1. The summed E-state index contributed by atoms with van der Waals surface area (Å²) >= 11 is 0. The molecule has 1 aliphatic heterocycles. The second kappa shape index (κ2) is 13.1. The second-order valence-electron chi connectivity index (χ2n) is 8.86. The summed E-state index contributed by atoms with van der Waals surface area (Å²) in [6.45, 7) is 2.06. The lowest BCUT2D eigenvalue weighted by Crippen LogP contribution is -2.60. The van der Waals surface area contributed by atoms with Crippen LogP contribution >= 0.6 is 0 Å². The van der Waals surface area contributed by atoms with Gasteiger partial charge < -0.3 is 44.2 Å². The van der Waals surface area contributed by atoms with E-state index in [2.05, 4.69) is 6.92 Å². The van der Waals surface area contributed by atoms with Crippen LogP contribution in [0.1, 0.15) is 58.3 Å². The molecule has 0 saturated carbocycles. The summed E-state index contributed by atoms with van der Waals surface area (Å²) in [5, 5.41) is 50.0. The van der Waals surface area contributed by atoms with E-state index in [4.69, 9.17) is 18.6 Å². The van der Waals surface area contributed by atoms with Crippen molar-refractivity contribution in [3.8, 4) is 17.2 Å². The highest BCUT2D eigenvalue weighted by Gasteiger charge is 2.45. The monoisotopic (exact) mass is 496 g/mol. The van der Waals surface area contributed by atoms with Gasteiger partial charge in [-0.3, -0.25) is 0 Å². The predicted octanol–water partition coefficient (Wildman–Crippen LogP) is 2.20. The van der Waals surface area contributed by atoms with E-state index in [1.165, 1.54) is 50.7 Å². The van der Waals surface area contributed by atoms with Gasteiger partial charge >= 0.3 is 5.63 Å². The lowest BCUT2D eigenvalue weighted by Gasteiger charge is -2.39. The third-order valence-electron chi connectivity index (χ3n) is 6.16. The van der Waals surface area contributed by atoms with E-state index >= 15 is 0 Å². The zero-order chi connectivity index (χ0) is 25.4. The average Bonchev–Trinajstić information content (AvgIpc) is 2.85. The molecule has 10 heteroatoms. The van der Waals surface area contributed by atoms with Crippen LogP contribution in [-0.2, 0) is 4.74 Å². The highest BCUT2D eigenvalue weighted by Crippen LogP contribution is 2.35. The fourth-order valence-corrected chi connectivity index (χ4v) is 4.05. The van der Waals surface area contributed by atoms with Crippen LogP contribution in [0.2, 0.25) is 0 Å². The smallest absolute Gasteiger partial charge is 0.383 e. The molecule has 1 fully saturated rings. The predicted molar refractivity (Wildman–Crippen MR) is 127 cm³/mol. The minimum Gasteiger partial charge on any atom is -0.504 e. The normalized spacial score (nSPS) is 24.5. The van der Waals surface area contributed by atoms with E-state index in [1.807, 2.05) is 0 Å². The first-order chi connectivity index (χ1) is 16.9. The molecule has 0 bridgehead atoms. The summed E-state index contributed by atoms with van der Waals surface area (Å²) in [5.74, 6) is -0.678. The summed E-state index contributed by atoms with van der Waals surface area (Å²) in [4.78, 5) is 12.5. The first-order valence-electron chi connectivity index (χ1n) is 12.3. The second-order valence-corrected chi connectivity index (χ2v) is 8.86. The zero-order valence-corrected chi connectivity index (χ0v) is 20.0. The molecular formula is C25H36O10. The van der Waals surface area contributed by atoms with E-state index in [-0.39, 0.29) is 11.0 Å². The number of unbranched alkanes of at least 4 members (excludes halogenated alkanes) is 7. The molecule has 0 aliphatic carbocycles. The Labute approximate surface area is 203 Å². The highest BCUT2D eigenvalue weighted by molar-refractivity contribution is 5.86. The van der Waals surface area contributed by atoms with Gasteiger partial charge in [-0.05, 0) is 18.6 Å². The minimum atomic E-state index is -1.74. The van der Waals surface area contributed by atoms with Crippen molar-refractivity contribution in [2.45, 2.75) is 89.0 Å². The van der Waals surface area contributed by atoms with Gasteiger partial charge in [0.25, 0.3) is 5.75 Å². The van der Waals surface area contributed by atoms with E-state index in [9.17, 15) is 30.3 Å². The van der Waals surface area contributed by atoms with Gasteiger partial charge in [0.1, 0.15) is 35.7 Å². The van der Waals surface area contributed by atoms with Crippen LogP contribution in [-0.4, -0.2) is 69.5 Å². The first kappa shape index (κ1) is 27.2. The third kappa shape index (κ3) is 6.86. The highest BCUT2D eigenvalue weighted by atomic mass is 16.7. The van der Waals surface area contributed by atoms with Gasteiger partial charge in [0.05, 0.1) is 18.6 Å². The van der Waals surface area contributed by atoms with Crippen LogP contribution in [0.4, 0.5) is 0 Å². The topological polar surface area (TPSA) is 159 Å². The lowest BCUT2D eigenvalue weighted by atomic mass is 9.99. The molecule has 1 aromatic carbocycles. The summed E-state index contributed by atoms with van der Waals surface area (Å²) in [7, 11) is 0. The number of fused-ring (bicyclic) bond motifs is 1. The number of aliphatic hydroxyl groups excluding tert-OH is 4. The molecule has 0 spiro atoms. The van der Waals surface area contributed by atoms with Gasteiger partial charge in [-0.15, -0.1) is 0 Å². The molecule has 0 amide bonds. The number of rotatable bonds is 13. The average molecular weight is 497 g/mol. The van der Waals surface area contributed by atoms with E-state index in [0.717, 1.165) is 12.8 Å². The summed E-state index contributed by atoms with van der Waals surface area (Å²) in [6, 6.07) is 4.64. The van der Waals surface area contributed by atoms with Crippen LogP contribution in [0.5, 0.6) is 17.2 Å². The van der Waals surface area contributed by atoms with Crippen molar-refractivity contribution < 1.29 is 44.2 Å². The number of hydrogen-bond donors (Lipinski definition) is 5. The largest absolute Gasteiger partial charge is 0.504 e. The molecule has 5 N–H and O–H groups in total. The Hall–Kier alpha value is -2.37. The van der Waals surface area contributed by atoms with Crippen molar-refractivity contribution in [1.82, 2.24) is 0 Å². The Morgan fingerprint density at radius 2 is 1.63 bits per heavy atom. The number of aliphatic hydroxyl groups is 4. The van der Waals surface area contributed by atoms with Gasteiger partial charge in [-0.25, -0.2) is 4.79 Å². The molecule has 1 saturated heterocycles. The molecule has 2 heterocycles. The molecule has 196 valence electrons. The quantitative estimate of drug-likeness (QED) is 0.205. The summed E-state index contributed by atoms with van der Waals surface area (Å²) in [5.41, 5.74) is -0.950. The Kier molecular flexibility index (Phi) is 10.2. The maximum atomic E-state index is 12.5. The Morgan fingerprint density at radius 3 is 2.31 bits per heavy atom. The van der Waals surface area contributed by atoms with Crippen molar-refractivity contribution in [2.24, 2.45) is 0 Å². The molecule has 3 rings (SSSR count). The van der Waals surface area contributed by atoms with Crippen LogP contribution in [0.25, 0.3) is 11.0 Å². The number of benzene rings is 1. The Balaban J connectivity index is 1.61. The van der Waals surface area contributed by atoms with Gasteiger partial charge in [-0.1, -0.05) is 51.9 Å². The first-order valence-corrected chi connectivity index (χ1v) is 12.3. The van der Waals surface area contributed by atoms with E-state index in [0.29, 0.717) is 12.4 Å². The number of hydrogen-bond acceptors (Lipinski definition) is 10. The maximum absolute atomic E-state index is 12.5. The molecule has 0 unspecified atom stereocenters. The third-order valence-corrected chi connectivity index (χ3v) is 6.16. The molecule has 1 aliphatic rings. The van der Waals surface area contributed by atoms with Gasteiger partial charge in [0, 0.05) is 6.07 Å². The number of ether oxygens (including phenoxy) is 3. The van der Waals surface area contributed by atoms with Crippen LogP contribution < -0.4 is 15.1 Å². The Bertz CT molecular complexity index is 988. The van der Waals surface area contributed by atoms with Crippen molar-refractivity contribution in [1.29, 1.82) is 0 Å². The molecule has 1 aromatic heterocycles. The van der Waals surface area contributed by atoms with Crippen LogP contribution in [0, 0.1) is 0 Å². The number of aromatic hydroxyl groups is 1. The molecular weight excluding hydrogens is 460 g/mol. The van der Waals surface area contributed by atoms with E-state index in [1.54, 1.807) is 6.07 Å². The zero-order valence-electron chi connectivity index (χ0n) is 20.0. The molecule has 2 aromatic rings. The molecule has 0 radical (unpaired) electrons. The van der Waals surface area contributed by atoms with Gasteiger partial charge in [0.2, 0.25) is 6.29 Å². The van der Waals surface area contributed by atoms with Crippen molar-refractivity contribution in [3.63, 3.8) is 0 Å². The van der Waals surface area contributed by atoms with Crippen LogP contribution in [0.15, 0.2) is 27.4 Å². The van der Waals surface area contributed by atoms with Crippen LogP contribution in [0.3, 0.4) is 0 Å². The molecule has 5 atom stereocenters. The summed E-state index contributed by atoms with van der Waals surface area (Å²) < 4.78 is 21.6.